The number of unbranched alkanes of at least 4 members (excludes halogenated alkanes) is 1. The van der Waals surface area contributed by atoms with Crippen molar-refractivity contribution in [2.45, 2.75) is 19.4 Å². The topological polar surface area (TPSA) is 49.6 Å². The van der Waals surface area contributed by atoms with Gasteiger partial charge in [-0.05, 0) is 37.0 Å². The van der Waals surface area contributed by atoms with Crippen LogP contribution in [-0.4, -0.2) is 31.6 Å². The lowest BCUT2D eigenvalue weighted by atomic mass is 10.2. The van der Waals surface area contributed by atoms with Gasteiger partial charge < -0.3 is 15.1 Å². The second-order valence-corrected chi connectivity index (χ2v) is 5.79. The van der Waals surface area contributed by atoms with Crippen LogP contribution < -0.4 is 10.6 Å². The molecular formula is C16H23N3OS. The molecule has 1 aromatic carbocycles. The summed E-state index contributed by atoms with van der Waals surface area (Å²) >= 11 is 1.89. The molecule has 5 heteroatoms. The van der Waals surface area contributed by atoms with Crippen LogP contribution >= 0.6 is 11.8 Å². The van der Waals surface area contributed by atoms with Gasteiger partial charge in [-0.1, -0.05) is 18.2 Å². The van der Waals surface area contributed by atoms with Crippen LogP contribution in [0.25, 0.3) is 11.0 Å². The summed E-state index contributed by atoms with van der Waals surface area (Å²) in [7, 11) is 1.79. The molecule has 0 aliphatic rings. The van der Waals surface area contributed by atoms with Crippen LogP contribution in [0.5, 0.6) is 0 Å². The van der Waals surface area contributed by atoms with Crippen molar-refractivity contribution in [2.75, 3.05) is 25.6 Å². The first-order valence-corrected chi connectivity index (χ1v) is 8.64. The van der Waals surface area contributed by atoms with E-state index in [1.165, 1.54) is 12.2 Å². The summed E-state index contributed by atoms with van der Waals surface area (Å²) in [6.07, 6.45) is 4.53. The highest BCUT2D eigenvalue weighted by Gasteiger charge is 2.04. The Labute approximate surface area is 130 Å². The predicted octanol–water partition coefficient (Wildman–Crippen LogP) is 3.24. The zero-order valence-electron chi connectivity index (χ0n) is 12.7. The van der Waals surface area contributed by atoms with Gasteiger partial charge in [0, 0.05) is 19.0 Å². The van der Waals surface area contributed by atoms with Crippen molar-refractivity contribution in [2.24, 2.45) is 4.99 Å². The number of guanidine groups is 1. The Morgan fingerprint density at radius 3 is 2.86 bits per heavy atom. The number of thioether (sulfide) groups is 1. The molecule has 0 aliphatic heterocycles. The van der Waals surface area contributed by atoms with Gasteiger partial charge in [0.25, 0.3) is 0 Å². The quantitative estimate of drug-likeness (QED) is 0.468. The van der Waals surface area contributed by atoms with Crippen molar-refractivity contribution in [1.29, 1.82) is 0 Å². The predicted molar refractivity (Wildman–Crippen MR) is 92.0 cm³/mol. The highest BCUT2D eigenvalue weighted by atomic mass is 32.2. The van der Waals surface area contributed by atoms with Crippen LogP contribution in [-0.2, 0) is 6.54 Å². The molecule has 0 spiro atoms. The van der Waals surface area contributed by atoms with E-state index in [0.717, 1.165) is 35.7 Å². The smallest absolute Gasteiger partial charge is 0.191 e. The minimum atomic E-state index is 0.638. The van der Waals surface area contributed by atoms with Crippen molar-refractivity contribution in [3.63, 3.8) is 0 Å². The summed E-state index contributed by atoms with van der Waals surface area (Å²) in [6, 6.07) is 10.1. The molecule has 21 heavy (non-hydrogen) atoms. The standard InChI is InChI=1S/C16H23N3OS/c1-17-16(18-9-5-6-10-21-2)19-12-14-11-13-7-3-4-8-15(13)20-14/h3-4,7-8,11H,5-6,9-10,12H2,1-2H3,(H2,17,18,19). The van der Waals surface area contributed by atoms with Crippen molar-refractivity contribution in [3.05, 3.63) is 36.1 Å². The Balaban J connectivity index is 1.77. The lowest BCUT2D eigenvalue weighted by Gasteiger charge is -2.10. The van der Waals surface area contributed by atoms with Gasteiger partial charge in [-0.3, -0.25) is 4.99 Å². The van der Waals surface area contributed by atoms with Gasteiger partial charge >= 0.3 is 0 Å². The molecule has 2 rings (SSSR count). The molecule has 4 nitrogen and oxygen atoms in total. The lowest BCUT2D eigenvalue weighted by Crippen LogP contribution is -2.37. The van der Waals surface area contributed by atoms with Gasteiger partial charge in [0.2, 0.25) is 0 Å². The number of hydrogen-bond acceptors (Lipinski definition) is 3. The Hall–Kier alpha value is -1.62. The van der Waals surface area contributed by atoms with Crippen LogP contribution in [0.2, 0.25) is 0 Å². The van der Waals surface area contributed by atoms with Gasteiger partial charge in [-0.25, -0.2) is 0 Å². The number of aliphatic imine (C=N–C) groups is 1. The summed E-state index contributed by atoms with van der Waals surface area (Å²) in [5, 5.41) is 7.73. The first kappa shape index (κ1) is 15.8. The highest BCUT2D eigenvalue weighted by molar-refractivity contribution is 7.98. The Morgan fingerprint density at radius 2 is 2.10 bits per heavy atom. The van der Waals surface area contributed by atoms with Crippen LogP contribution in [0.1, 0.15) is 18.6 Å². The van der Waals surface area contributed by atoms with Crippen molar-refractivity contribution >= 4 is 28.7 Å². The number of furan rings is 1. The molecule has 0 aliphatic carbocycles. The first-order chi connectivity index (χ1) is 10.3. The molecule has 1 aromatic heterocycles. The van der Waals surface area contributed by atoms with E-state index in [1.54, 1.807) is 7.05 Å². The van der Waals surface area contributed by atoms with E-state index in [1.807, 2.05) is 30.0 Å². The summed E-state index contributed by atoms with van der Waals surface area (Å²) in [6.45, 7) is 1.58. The van der Waals surface area contributed by atoms with E-state index in [0.29, 0.717) is 6.54 Å². The molecule has 0 saturated carbocycles. The monoisotopic (exact) mass is 305 g/mol. The van der Waals surface area contributed by atoms with Gasteiger partial charge in [0.05, 0.1) is 6.54 Å². The molecule has 0 saturated heterocycles. The number of para-hydroxylation sites is 1. The highest BCUT2D eigenvalue weighted by Crippen LogP contribution is 2.18. The summed E-state index contributed by atoms with van der Waals surface area (Å²) < 4.78 is 5.77. The zero-order valence-corrected chi connectivity index (χ0v) is 13.5. The summed E-state index contributed by atoms with van der Waals surface area (Å²) in [4.78, 5) is 4.22. The van der Waals surface area contributed by atoms with Crippen molar-refractivity contribution in [1.82, 2.24) is 10.6 Å². The van der Waals surface area contributed by atoms with E-state index >= 15 is 0 Å². The molecule has 0 unspecified atom stereocenters. The molecule has 2 aromatic rings. The van der Waals surface area contributed by atoms with Crippen LogP contribution in [0.15, 0.2) is 39.7 Å². The average Bonchev–Trinajstić information content (AvgIpc) is 2.93. The lowest BCUT2D eigenvalue weighted by molar-refractivity contribution is 0.538. The molecule has 0 atom stereocenters. The molecule has 0 fully saturated rings. The third kappa shape index (κ3) is 5.01. The molecule has 1 heterocycles. The number of rotatable bonds is 7. The molecule has 0 amide bonds. The fraction of sp³-hybridized carbons (Fsp3) is 0.438. The largest absolute Gasteiger partial charge is 0.459 e. The fourth-order valence-electron chi connectivity index (χ4n) is 2.09. The van der Waals surface area contributed by atoms with Crippen molar-refractivity contribution in [3.8, 4) is 0 Å². The number of fused-ring (bicyclic) bond motifs is 1. The van der Waals surface area contributed by atoms with Gasteiger partial charge in [0.1, 0.15) is 11.3 Å². The Morgan fingerprint density at radius 1 is 1.24 bits per heavy atom. The summed E-state index contributed by atoms with van der Waals surface area (Å²) in [5.74, 6) is 2.95. The average molecular weight is 305 g/mol. The maximum Gasteiger partial charge on any atom is 0.191 e. The van der Waals surface area contributed by atoms with Gasteiger partial charge in [-0.2, -0.15) is 11.8 Å². The Kier molecular flexibility index (Phi) is 6.47. The van der Waals surface area contributed by atoms with Crippen LogP contribution in [0.3, 0.4) is 0 Å². The minimum Gasteiger partial charge on any atom is -0.459 e. The van der Waals surface area contributed by atoms with Gasteiger partial charge in [-0.15, -0.1) is 0 Å². The second-order valence-electron chi connectivity index (χ2n) is 4.80. The number of benzene rings is 1. The number of nitrogens with one attached hydrogen (secondary N) is 2. The SMILES string of the molecule is CN=C(NCCCCSC)NCc1cc2ccccc2o1. The fourth-order valence-corrected chi connectivity index (χ4v) is 2.59. The first-order valence-electron chi connectivity index (χ1n) is 7.24. The second kappa shape index (κ2) is 8.62. The molecule has 0 radical (unpaired) electrons. The molecular weight excluding hydrogens is 282 g/mol. The van der Waals surface area contributed by atoms with E-state index in [4.69, 9.17) is 4.42 Å². The van der Waals surface area contributed by atoms with E-state index in [9.17, 15) is 0 Å². The number of hydrogen-bond donors (Lipinski definition) is 2. The van der Waals surface area contributed by atoms with E-state index < -0.39 is 0 Å². The molecule has 2 N–H and O–H groups in total. The Bertz CT molecular complexity index is 547. The van der Waals surface area contributed by atoms with E-state index in [-0.39, 0.29) is 0 Å². The number of nitrogens with zero attached hydrogens (tertiary/aromatic N) is 1. The third-order valence-electron chi connectivity index (χ3n) is 3.20. The minimum absolute atomic E-state index is 0.638. The normalized spacial score (nSPS) is 11.8. The van der Waals surface area contributed by atoms with Crippen molar-refractivity contribution < 1.29 is 4.42 Å². The zero-order chi connectivity index (χ0) is 14.9. The molecule has 114 valence electrons. The molecule has 0 bridgehead atoms. The van der Waals surface area contributed by atoms with Crippen LogP contribution in [0.4, 0.5) is 0 Å². The van der Waals surface area contributed by atoms with E-state index in [2.05, 4.69) is 34.0 Å². The maximum absolute atomic E-state index is 5.77. The maximum atomic E-state index is 5.77. The third-order valence-corrected chi connectivity index (χ3v) is 3.89. The van der Waals surface area contributed by atoms with Crippen LogP contribution in [0, 0.1) is 0 Å². The summed E-state index contributed by atoms with van der Waals surface area (Å²) in [5.41, 5.74) is 0.925. The van der Waals surface area contributed by atoms with Gasteiger partial charge in [0.15, 0.2) is 5.96 Å².